The number of rotatable bonds is 4. The molecule has 13 heteroatoms. The van der Waals surface area contributed by atoms with E-state index in [1.807, 2.05) is 23.1 Å². The summed E-state index contributed by atoms with van der Waals surface area (Å²) in [4.78, 5) is 13.1. The Morgan fingerprint density at radius 1 is 1.14 bits per heavy atom. The molecule has 1 aromatic carbocycles. The summed E-state index contributed by atoms with van der Waals surface area (Å²) in [5, 5.41) is 23.3. The summed E-state index contributed by atoms with van der Waals surface area (Å²) in [6.07, 6.45) is 5.64. The molecule has 6 rings (SSSR count). The number of aliphatic hydroxyl groups excluding tert-OH is 1. The maximum atomic E-state index is 14.4. The van der Waals surface area contributed by atoms with Crippen LogP contribution in [0, 0.1) is 5.95 Å². The molecule has 0 bridgehead atoms. The molecule has 5 heterocycles. The third-order valence-corrected chi connectivity index (χ3v) is 6.77. The highest BCUT2D eigenvalue weighted by molar-refractivity contribution is 6.32. The molecule has 2 atom stereocenters. The molecular weight excluding hydrogens is 508 g/mol. The number of hydrogen-bond donors (Lipinski definition) is 3. The Morgan fingerprint density at radius 2 is 2.00 bits per heavy atom. The van der Waals surface area contributed by atoms with Gasteiger partial charge in [-0.05, 0) is 71.3 Å². The Balaban J connectivity index is 1.34. The minimum Gasteiger partial charge on any atom is -0.384 e. The van der Waals surface area contributed by atoms with E-state index in [-0.39, 0.29) is 28.3 Å². The van der Waals surface area contributed by atoms with Crippen LogP contribution in [0.5, 0.6) is 0 Å². The first kappa shape index (κ1) is 22.7. The molecule has 4 aromatic rings. The number of aromatic nitrogens is 7. The summed E-state index contributed by atoms with van der Waals surface area (Å²) in [7, 11) is 0. The first-order chi connectivity index (χ1) is 17.4. The number of aliphatic hydroxyl groups is 1. The van der Waals surface area contributed by atoms with E-state index >= 15 is 0 Å². The van der Waals surface area contributed by atoms with Crippen LogP contribution >= 0.6 is 23.2 Å². The summed E-state index contributed by atoms with van der Waals surface area (Å²) < 4.78 is 15.9. The first-order valence-electron chi connectivity index (χ1n) is 11.0. The van der Waals surface area contributed by atoms with Gasteiger partial charge in [0, 0.05) is 16.3 Å². The van der Waals surface area contributed by atoms with Crippen molar-refractivity contribution >= 4 is 34.6 Å². The van der Waals surface area contributed by atoms with Crippen LogP contribution in [-0.4, -0.2) is 51.4 Å². The van der Waals surface area contributed by atoms with Crippen molar-refractivity contribution in [2.45, 2.75) is 25.1 Å². The average molecular weight is 526 g/mol. The number of H-pyrrole nitrogens is 1. The number of halogens is 3. The summed E-state index contributed by atoms with van der Waals surface area (Å²) >= 11 is 12.7. The predicted molar refractivity (Wildman–Crippen MR) is 131 cm³/mol. The number of nitrogen functional groups attached to an aromatic ring is 1. The van der Waals surface area contributed by atoms with Gasteiger partial charge in [-0.3, -0.25) is 0 Å². The number of aromatic amines is 1. The third-order valence-electron chi connectivity index (χ3n) is 6.26. The van der Waals surface area contributed by atoms with Gasteiger partial charge in [-0.25, -0.2) is 9.97 Å². The lowest BCUT2D eigenvalue weighted by molar-refractivity contribution is 0.0488. The monoisotopic (exact) mass is 525 g/mol. The molecule has 182 valence electrons. The summed E-state index contributed by atoms with van der Waals surface area (Å²) in [5.74, 6) is -0.175. The zero-order valence-electron chi connectivity index (χ0n) is 18.5. The van der Waals surface area contributed by atoms with E-state index in [9.17, 15) is 9.50 Å². The van der Waals surface area contributed by atoms with Crippen LogP contribution in [0.3, 0.4) is 0 Å². The van der Waals surface area contributed by atoms with Gasteiger partial charge in [0.05, 0.1) is 17.3 Å². The molecule has 3 aromatic heterocycles. The fraction of sp³-hybridized carbons (Fsp3) is 0.174. The van der Waals surface area contributed by atoms with E-state index in [2.05, 4.69) is 30.5 Å². The highest BCUT2D eigenvalue weighted by atomic mass is 35.5. The summed E-state index contributed by atoms with van der Waals surface area (Å²) in [6, 6.07) is 8.06. The van der Waals surface area contributed by atoms with Gasteiger partial charge in [0.25, 0.3) is 0 Å². The fourth-order valence-corrected chi connectivity index (χ4v) is 5.11. The van der Waals surface area contributed by atoms with E-state index in [0.29, 0.717) is 23.7 Å². The highest BCUT2D eigenvalue weighted by Crippen LogP contribution is 2.44. The maximum absolute atomic E-state index is 14.4. The number of pyridine rings is 1. The van der Waals surface area contributed by atoms with Gasteiger partial charge in [-0.1, -0.05) is 23.2 Å². The van der Waals surface area contributed by atoms with Crippen LogP contribution in [-0.2, 0) is 0 Å². The number of fused-ring (bicyclic) bond motifs is 1. The molecule has 0 amide bonds. The van der Waals surface area contributed by atoms with Gasteiger partial charge in [0.2, 0.25) is 5.95 Å². The molecule has 0 spiro atoms. The SMILES string of the molecule is Nc1ccc(-c2nc([C@@H]3CCC4=CC(c5cc(Cl)ccc5-n5cnnn5)=CC(O)N43)[nH]c2Cl)c(F)n1. The number of nitrogens with one attached hydrogen (secondary N) is 1. The second-order valence-electron chi connectivity index (χ2n) is 8.41. The normalized spacial score (nSPS) is 19.3. The topological polar surface area (TPSA) is 135 Å². The highest BCUT2D eigenvalue weighted by Gasteiger charge is 2.38. The second kappa shape index (κ2) is 8.70. The van der Waals surface area contributed by atoms with Crippen LogP contribution in [0.4, 0.5) is 10.2 Å². The van der Waals surface area contributed by atoms with Crippen LogP contribution in [0.15, 0.2) is 54.5 Å². The van der Waals surface area contributed by atoms with Crippen molar-refractivity contribution in [1.29, 1.82) is 0 Å². The number of hydrogen-bond acceptors (Lipinski definition) is 8. The van der Waals surface area contributed by atoms with Crippen LogP contribution in [0.25, 0.3) is 22.5 Å². The molecule has 0 saturated carbocycles. The van der Waals surface area contributed by atoms with E-state index in [1.54, 1.807) is 16.8 Å². The van der Waals surface area contributed by atoms with Crippen molar-refractivity contribution in [3.05, 3.63) is 82.0 Å². The largest absolute Gasteiger partial charge is 0.384 e. The quantitative estimate of drug-likeness (QED) is 0.341. The number of benzene rings is 1. The van der Waals surface area contributed by atoms with Gasteiger partial charge >= 0.3 is 0 Å². The molecule has 1 fully saturated rings. The van der Waals surface area contributed by atoms with Crippen molar-refractivity contribution in [1.82, 2.24) is 40.1 Å². The fourth-order valence-electron chi connectivity index (χ4n) is 4.70. The third kappa shape index (κ3) is 3.81. The number of imidazole rings is 1. The smallest absolute Gasteiger partial charge is 0.224 e. The number of anilines is 1. The molecule has 0 aliphatic carbocycles. The lowest BCUT2D eigenvalue weighted by Gasteiger charge is -2.33. The van der Waals surface area contributed by atoms with Gasteiger partial charge in [-0.2, -0.15) is 9.07 Å². The number of nitrogens with zero attached hydrogens (tertiary/aromatic N) is 7. The zero-order valence-corrected chi connectivity index (χ0v) is 20.0. The molecule has 2 aliphatic heterocycles. The number of allylic oxidation sites excluding steroid dienone is 3. The summed E-state index contributed by atoms with van der Waals surface area (Å²) in [5.41, 5.74) is 9.15. The van der Waals surface area contributed by atoms with Crippen LogP contribution < -0.4 is 5.73 Å². The van der Waals surface area contributed by atoms with Crippen molar-refractivity contribution in [2.24, 2.45) is 0 Å². The van der Waals surface area contributed by atoms with E-state index in [4.69, 9.17) is 28.9 Å². The molecule has 36 heavy (non-hydrogen) atoms. The Hall–Kier alpha value is -3.80. The van der Waals surface area contributed by atoms with Crippen LogP contribution in [0.2, 0.25) is 10.2 Å². The van der Waals surface area contributed by atoms with E-state index in [1.165, 1.54) is 18.5 Å². The van der Waals surface area contributed by atoms with Gasteiger partial charge in [0.1, 0.15) is 35.0 Å². The summed E-state index contributed by atoms with van der Waals surface area (Å²) in [6.45, 7) is 0. The molecule has 0 radical (unpaired) electrons. The Kier molecular flexibility index (Phi) is 5.47. The Labute approximate surface area is 213 Å². The lowest BCUT2D eigenvalue weighted by Crippen LogP contribution is -2.34. The number of nitrogens with two attached hydrogens (primary N) is 1. The molecule has 1 saturated heterocycles. The molecule has 10 nitrogen and oxygen atoms in total. The zero-order chi connectivity index (χ0) is 25.0. The van der Waals surface area contributed by atoms with E-state index < -0.39 is 12.2 Å². The standard InChI is InChI=1S/C23H18Cl2FN9O/c24-12-1-4-16(34-10-28-32-33-34)15(9-12)11-7-13-2-5-17(35(13)19(36)8-11)23-30-20(21(25)31-23)14-3-6-18(27)29-22(14)26/h1,3-4,6-10,17,19,36H,2,5H2,(H2,27,29)(H,30,31)/t17-,19?/m0/s1. The van der Waals surface area contributed by atoms with Crippen molar-refractivity contribution in [2.75, 3.05) is 5.73 Å². The van der Waals surface area contributed by atoms with Gasteiger partial charge in [0.15, 0.2) is 0 Å². The minimum atomic E-state index is -0.949. The van der Waals surface area contributed by atoms with Gasteiger partial charge in [-0.15, -0.1) is 5.10 Å². The molecule has 4 N–H and O–H groups in total. The van der Waals surface area contributed by atoms with Crippen molar-refractivity contribution in [3.8, 4) is 16.9 Å². The molecule has 2 aliphatic rings. The van der Waals surface area contributed by atoms with Crippen molar-refractivity contribution < 1.29 is 9.50 Å². The Bertz CT molecular complexity index is 1530. The molecule has 1 unspecified atom stereocenters. The average Bonchev–Trinajstić information content (AvgIpc) is 3.59. The Morgan fingerprint density at radius 3 is 2.78 bits per heavy atom. The maximum Gasteiger partial charge on any atom is 0.224 e. The first-order valence-corrected chi connectivity index (χ1v) is 11.7. The minimum absolute atomic E-state index is 0.0654. The van der Waals surface area contributed by atoms with Gasteiger partial charge < -0.3 is 20.7 Å². The predicted octanol–water partition coefficient (Wildman–Crippen LogP) is 3.91. The van der Waals surface area contributed by atoms with Crippen LogP contribution in [0.1, 0.15) is 30.3 Å². The molecular formula is C23H18Cl2FN9O. The number of tetrazole rings is 1. The van der Waals surface area contributed by atoms with E-state index in [0.717, 1.165) is 22.5 Å². The lowest BCUT2D eigenvalue weighted by atomic mass is 9.99. The second-order valence-corrected chi connectivity index (χ2v) is 9.22. The van der Waals surface area contributed by atoms with Crippen molar-refractivity contribution in [3.63, 3.8) is 0 Å².